The SMILES string of the molecule is C=CC(=O)[N+]1=C(C)CC=C(Nc2ncnc3[nH]ccc23)C1. The largest absolute Gasteiger partial charge is 0.411 e. The van der Waals surface area contributed by atoms with Crippen molar-refractivity contribution in [3.05, 3.63) is 43.0 Å². The summed E-state index contributed by atoms with van der Waals surface area (Å²) in [7, 11) is 0. The number of aromatic amines is 1. The number of allylic oxidation sites excluding steroid dienone is 1. The number of rotatable bonds is 3. The second-order valence-electron chi connectivity index (χ2n) is 4.88. The van der Waals surface area contributed by atoms with Gasteiger partial charge in [-0.2, -0.15) is 4.58 Å². The molecule has 2 aromatic heterocycles. The first kappa shape index (κ1) is 13.2. The van der Waals surface area contributed by atoms with Crippen molar-refractivity contribution in [2.75, 3.05) is 11.9 Å². The highest BCUT2D eigenvalue weighted by Crippen LogP contribution is 2.20. The summed E-state index contributed by atoms with van der Waals surface area (Å²) in [6.45, 7) is 5.98. The zero-order valence-corrected chi connectivity index (χ0v) is 11.8. The van der Waals surface area contributed by atoms with Gasteiger partial charge in [-0.25, -0.2) is 14.8 Å². The van der Waals surface area contributed by atoms with Crippen molar-refractivity contribution < 1.29 is 9.37 Å². The van der Waals surface area contributed by atoms with E-state index in [1.54, 1.807) is 4.58 Å². The van der Waals surface area contributed by atoms with E-state index in [-0.39, 0.29) is 5.91 Å². The minimum Gasteiger partial charge on any atom is -0.346 e. The Kier molecular flexibility index (Phi) is 3.35. The molecule has 0 fully saturated rings. The van der Waals surface area contributed by atoms with Crippen molar-refractivity contribution in [2.24, 2.45) is 0 Å². The predicted octanol–water partition coefficient (Wildman–Crippen LogP) is 1.84. The fourth-order valence-electron chi connectivity index (χ4n) is 2.34. The average Bonchev–Trinajstić information content (AvgIpc) is 2.98. The van der Waals surface area contributed by atoms with Gasteiger partial charge in [0.15, 0.2) is 12.3 Å². The van der Waals surface area contributed by atoms with Crippen molar-refractivity contribution in [3.8, 4) is 0 Å². The van der Waals surface area contributed by atoms with Gasteiger partial charge in [0.2, 0.25) is 0 Å². The van der Waals surface area contributed by atoms with Gasteiger partial charge in [-0.1, -0.05) is 6.58 Å². The summed E-state index contributed by atoms with van der Waals surface area (Å²) >= 11 is 0. The van der Waals surface area contributed by atoms with Crippen molar-refractivity contribution >= 4 is 28.5 Å². The first-order chi connectivity index (χ1) is 10.2. The van der Waals surface area contributed by atoms with Gasteiger partial charge >= 0.3 is 5.91 Å². The summed E-state index contributed by atoms with van der Waals surface area (Å²) in [6, 6.07) is 1.92. The lowest BCUT2D eigenvalue weighted by atomic mass is 10.1. The third-order valence-electron chi connectivity index (χ3n) is 3.51. The molecule has 0 saturated carbocycles. The Morgan fingerprint density at radius 3 is 3.19 bits per heavy atom. The smallest absolute Gasteiger partial charge is 0.346 e. The summed E-state index contributed by atoms with van der Waals surface area (Å²) in [4.78, 5) is 23.3. The number of carbonyl (C=O) groups is 1. The minimum atomic E-state index is -0.0885. The maximum Gasteiger partial charge on any atom is 0.411 e. The van der Waals surface area contributed by atoms with Gasteiger partial charge in [-0.3, -0.25) is 0 Å². The third kappa shape index (κ3) is 2.47. The van der Waals surface area contributed by atoms with Crippen molar-refractivity contribution in [1.29, 1.82) is 0 Å². The van der Waals surface area contributed by atoms with Crippen LogP contribution < -0.4 is 5.32 Å². The Hall–Kier alpha value is -2.76. The fraction of sp³-hybridized carbons (Fsp3) is 0.200. The van der Waals surface area contributed by atoms with Crippen LogP contribution in [0.3, 0.4) is 0 Å². The van der Waals surface area contributed by atoms with Crippen LogP contribution in [-0.2, 0) is 4.79 Å². The Balaban J connectivity index is 1.85. The molecule has 1 amide bonds. The molecular formula is C15H16N5O+. The lowest BCUT2D eigenvalue weighted by molar-refractivity contribution is -0.438. The highest BCUT2D eigenvalue weighted by Gasteiger charge is 2.23. The first-order valence-electron chi connectivity index (χ1n) is 6.69. The number of amides is 1. The summed E-state index contributed by atoms with van der Waals surface area (Å²) < 4.78 is 1.71. The van der Waals surface area contributed by atoms with Gasteiger partial charge in [0.25, 0.3) is 0 Å². The van der Waals surface area contributed by atoms with Crippen LogP contribution >= 0.6 is 0 Å². The first-order valence-corrected chi connectivity index (χ1v) is 6.69. The Bertz CT molecular complexity index is 784. The number of carbonyl (C=O) groups excluding carboxylic acids is 1. The van der Waals surface area contributed by atoms with E-state index in [0.29, 0.717) is 6.54 Å². The molecule has 0 spiro atoms. The number of fused-ring (bicyclic) bond motifs is 1. The van der Waals surface area contributed by atoms with Crippen molar-refractivity contribution in [3.63, 3.8) is 0 Å². The zero-order valence-electron chi connectivity index (χ0n) is 11.8. The van der Waals surface area contributed by atoms with E-state index in [2.05, 4.69) is 32.9 Å². The summed E-state index contributed by atoms with van der Waals surface area (Å²) in [5, 5.41) is 4.21. The van der Waals surface area contributed by atoms with Crippen LogP contribution in [0.15, 0.2) is 43.0 Å². The van der Waals surface area contributed by atoms with Gasteiger partial charge < -0.3 is 10.3 Å². The maximum absolute atomic E-state index is 11.8. The fourth-order valence-corrected chi connectivity index (χ4v) is 2.34. The molecule has 0 aromatic carbocycles. The third-order valence-corrected chi connectivity index (χ3v) is 3.51. The van der Waals surface area contributed by atoms with Crippen LogP contribution in [0.4, 0.5) is 5.82 Å². The molecule has 0 bridgehead atoms. The lowest BCUT2D eigenvalue weighted by Gasteiger charge is -2.14. The summed E-state index contributed by atoms with van der Waals surface area (Å²) in [5.41, 5.74) is 2.74. The molecule has 0 aliphatic carbocycles. The highest BCUT2D eigenvalue weighted by atomic mass is 16.2. The van der Waals surface area contributed by atoms with Crippen LogP contribution in [0.5, 0.6) is 0 Å². The van der Waals surface area contributed by atoms with Crippen LogP contribution in [-0.4, -0.2) is 37.7 Å². The number of nitrogens with zero attached hydrogens (tertiary/aromatic N) is 3. The molecule has 3 heterocycles. The van der Waals surface area contributed by atoms with Gasteiger partial charge in [0.05, 0.1) is 11.1 Å². The monoisotopic (exact) mass is 282 g/mol. The molecule has 106 valence electrons. The summed E-state index contributed by atoms with van der Waals surface area (Å²) in [6.07, 6.45) is 7.47. The van der Waals surface area contributed by atoms with Crippen molar-refractivity contribution in [2.45, 2.75) is 13.3 Å². The van der Waals surface area contributed by atoms with Gasteiger partial charge in [0, 0.05) is 25.6 Å². The topological polar surface area (TPSA) is 73.7 Å². The predicted molar refractivity (Wildman–Crippen MR) is 81.2 cm³/mol. The normalized spacial score (nSPS) is 15.0. The summed E-state index contributed by atoms with van der Waals surface area (Å²) in [5.74, 6) is 0.646. The van der Waals surface area contributed by atoms with E-state index < -0.39 is 0 Å². The molecular weight excluding hydrogens is 266 g/mol. The Labute approximate surface area is 121 Å². The molecule has 0 atom stereocenters. The number of aromatic nitrogens is 3. The van der Waals surface area contributed by atoms with Gasteiger partial charge in [-0.05, 0) is 12.1 Å². The van der Waals surface area contributed by atoms with Gasteiger partial charge in [-0.15, -0.1) is 0 Å². The van der Waals surface area contributed by atoms with E-state index in [1.807, 2.05) is 19.2 Å². The molecule has 1 aliphatic heterocycles. The molecule has 2 aromatic rings. The maximum atomic E-state index is 11.8. The lowest BCUT2D eigenvalue weighted by Crippen LogP contribution is -2.31. The molecule has 6 nitrogen and oxygen atoms in total. The Morgan fingerprint density at radius 2 is 2.38 bits per heavy atom. The quantitative estimate of drug-likeness (QED) is 0.665. The number of H-pyrrole nitrogens is 1. The van der Waals surface area contributed by atoms with Gasteiger partial charge in [0.1, 0.15) is 17.8 Å². The zero-order chi connectivity index (χ0) is 14.8. The molecule has 0 unspecified atom stereocenters. The van der Waals surface area contributed by atoms with Crippen LogP contribution in [0.2, 0.25) is 0 Å². The second kappa shape index (κ2) is 5.32. The molecule has 2 N–H and O–H groups in total. The number of hydrogen-bond donors (Lipinski definition) is 2. The minimum absolute atomic E-state index is 0.0885. The molecule has 21 heavy (non-hydrogen) atoms. The van der Waals surface area contributed by atoms with E-state index in [4.69, 9.17) is 0 Å². The average molecular weight is 282 g/mol. The van der Waals surface area contributed by atoms with Crippen LogP contribution in [0, 0.1) is 0 Å². The van der Waals surface area contributed by atoms with E-state index >= 15 is 0 Å². The standard InChI is InChI=1S/C15H16N5O/c1-3-13(21)20-8-11(5-4-10(20)2)19-15-12-6-7-16-14(12)17-9-18-15/h3,5-7,9H,1,4,8H2,2H3,(H2,16,17,18,19)/q+1. The van der Waals surface area contributed by atoms with Crippen LogP contribution in [0.1, 0.15) is 13.3 Å². The number of nitrogens with one attached hydrogen (secondary N) is 2. The number of hydrogen-bond acceptors (Lipinski definition) is 4. The molecule has 0 saturated heterocycles. The molecule has 0 radical (unpaired) electrons. The van der Waals surface area contributed by atoms with E-state index in [1.165, 1.54) is 12.4 Å². The number of anilines is 1. The molecule has 3 rings (SSSR count). The van der Waals surface area contributed by atoms with Crippen molar-refractivity contribution in [1.82, 2.24) is 15.0 Å². The van der Waals surface area contributed by atoms with Crippen LogP contribution in [0.25, 0.3) is 11.0 Å². The molecule has 6 heteroatoms. The Morgan fingerprint density at radius 1 is 1.52 bits per heavy atom. The second-order valence-corrected chi connectivity index (χ2v) is 4.88. The highest BCUT2D eigenvalue weighted by molar-refractivity contribution is 5.90. The molecule has 1 aliphatic rings. The van der Waals surface area contributed by atoms with E-state index in [0.717, 1.165) is 34.7 Å². The van der Waals surface area contributed by atoms with E-state index in [9.17, 15) is 4.79 Å².